The first kappa shape index (κ1) is 7.37. The maximum atomic E-state index is 2.63. The fourth-order valence-corrected chi connectivity index (χ4v) is 4.16. The van der Waals surface area contributed by atoms with Gasteiger partial charge in [0.25, 0.3) is 0 Å². The molecule has 68 valence electrons. The first-order valence-corrected chi connectivity index (χ1v) is 5.46. The zero-order chi connectivity index (χ0) is 8.29. The Morgan fingerprint density at radius 3 is 2.75 bits per heavy atom. The number of nitrogens with zero attached hydrogens (tertiary/aromatic N) is 1. The molecular weight excluding hydrogens is 146 g/mol. The number of hydrogen-bond acceptors (Lipinski definition) is 1. The standard InChI is InChI=1S/C11H19N/c1-7-3-8-4-10(7)11-5-9(8)6-12(11)2/h7-11H,3-6H2,1-2H3. The van der Waals surface area contributed by atoms with Crippen molar-refractivity contribution in [2.75, 3.05) is 13.6 Å². The van der Waals surface area contributed by atoms with Gasteiger partial charge in [-0.05, 0) is 50.0 Å². The van der Waals surface area contributed by atoms with E-state index in [2.05, 4.69) is 18.9 Å². The molecule has 1 heteroatoms. The average Bonchev–Trinajstić information content (AvgIpc) is 2.49. The van der Waals surface area contributed by atoms with Gasteiger partial charge in [0.15, 0.2) is 0 Å². The first-order valence-electron chi connectivity index (χ1n) is 5.46. The highest BCUT2D eigenvalue weighted by Crippen LogP contribution is 2.53. The fraction of sp³-hybridized carbons (Fsp3) is 1.00. The molecule has 3 aliphatic rings. The minimum Gasteiger partial charge on any atom is -0.303 e. The molecule has 0 N–H and O–H groups in total. The van der Waals surface area contributed by atoms with Gasteiger partial charge in [0.05, 0.1) is 0 Å². The smallest absolute Gasteiger partial charge is 0.0126 e. The van der Waals surface area contributed by atoms with Crippen LogP contribution in [0, 0.1) is 23.7 Å². The number of fused-ring (bicyclic) bond motifs is 6. The van der Waals surface area contributed by atoms with E-state index in [0.29, 0.717) is 0 Å². The van der Waals surface area contributed by atoms with E-state index in [1.807, 2.05) is 0 Å². The van der Waals surface area contributed by atoms with Crippen LogP contribution in [0.3, 0.4) is 0 Å². The molecule has 3 fully saturated rings. The van der Waals surface area contributed by atoms with Crippen molar-refractivity contribution in [3.05, 3.63) is 0 Å². The fourth-order valence-electron chi connectivity index (χ4n) is 4.16. The van der Waals surface area contributed by atoms with E-state index in [1.54, 1.807) is 12.8 Å². The molecule has 5 unspecified atom stereocenters. The Balaban J connectivity index is 1.93. The van der Waals surface area contributed by atoms with Gasteiger partial charge in [-0.25, -0.2) is 0 Å². The van der Waals surface area contributed by atoms with Gasteiger partial charge in [0.2, 0.25) is 0 Å². The third kappa shape index (κ3) is 0.783. The van der Waals surface area contributed by atoms with Gasteiger partial charge in [0, 0.05) is 12.6 Å². The lowest BCUT2D eigenvalue weighted by molar-refractivity contribution is 0.194. The van der Waals surface area contributed by atoms with Crippen molar-refractivity contribution in [1.29, 1.82) is 0 Å². The highest BCUT2D eigenvalue weighted by atomic mass is 15.2. The summed E-state index contributed by atoms with van der Waals surface area (Å²) in [5.41, 5.74) is 0. The molecule has 1 heterocycles. The predicted octanol–water partition coefficient (Wildman–Crippen LogP) is 1.98. The van der Waals surface area contributed by atoms with Gasteiger partial charge in [-0.3, -0.25) is 0 Å². The van der Waals surface area contributed by atoms with Crippen LogP contribution in [0.1, 0.15) is 26.2 Å². The molecule has 5 atom stereocenters. The molecule has 0 aromatic heterocycles. The molecule has 0 spiro atoms. The highest BCUT2D eigenvalue weighted by Gasteiger charge is 2.50. The zero-order valence-electron chi connectivity index (χ0n) is 8.16. The molecule has 2 saturated carbocycles. The lowest BCUT2D eigenvalue weighted by atomic mass is 9.80. The monoisotopic (exact) mass is 165 g/mol. The molecule has 0 aromatic carbocycles. The lowest BCUT2D eigenvalue weighted by Gasteiger charge is -2.29. The number of likely N-dealkylation sites (tertiary alicyclic amines) is 1. The van der Waals surface area contributed by atoms with Gasteiger partial charge >= 0.3 is 0 Å². The summed E-state index contributed by atoms with van der Waals surface area (Å²) in [7, 11) is 2.33. The van der Waals surface area contributed by atoms with E-state index in [4.69, 9.17) is 0 Å². The van der Waals surface area contributed by atoms with Crippen molar-refractivity contribution < 1.29 is 0 Å². The second kappa shape index (κ2) is 2.25. The molecule has 0 radical (unpaired) electrons. The normalized spacial score (nSPS) is 58.0. The SMILES string of the molecule is CC1CC2CC1C1CC2CN1C. The summed E-state index contributed by atoms with van der Waals surface area (Å²) in [5, 5.41) is 0. The Kier molecular flexibility index (Phi) is 1.39. The Hall–Kier alpha value is -0.0400. The molecule has 0 aromatic rings. The van der Waals surface area contributed by atoms with Crippen LogP contribution in [-0.4, -0.2) is 24.5 Å². The molecule has 1 aliphatic heterocycles. The van der Waals surface area contributed by atoms with E-state index < -0.39 is 0 Å². The molecular formula is C11H19N. The van der Waals surface area contributed by atoms with Crippen molar-refractivity contribution in [3.63, 3.8) is 0 Å². The quantitative estimate of drug-likeness (QED) is 0.530. The van der Waals surface area contributed by atoms with Crippen molar-refractivity contribution in [2.24, 2.45) is 23.7 Å². The summed E-state index contributed by atoms with van der Waals surface area (Å²) < 4.78 is 0. The van der Waals surface area contributed by atoms with Crippen molar-refractivity contribution in [2.45, 2.75) is 32.2 Å². The summed E-state index contributed by atoms with van der Waals surface area (Å²) in [5.74, 6) is 4.25. The van der Waals surface area contributed by atoms with Crippen LogP contribution in [0.4, 0.5) is 0 Å². The third-order valence-corrected chi connectivity index (χ3v) is 4.77. The molecule has 2 aliphatic carbocycles. The van der Waals surface area contributed by atoms with E-state index in [-0.39, 0.29) is 0 Å². The van der Waals surface area contributed by atoms with Gasteiger partial charge < -0.3 is 4.90 Å². The molecule has 12 heavy (non-hydrogen) atoms. The zero-order valence-corrected chi connectivity index (χ0v) is 8.16. The van der Waals surface area contributed by atoms with Gasteiger partial charge in [-0.15, -0.1) is 0 Å². The average molecular weight is 165 g/mol. The van der Waals surface area contributed by atoms with E-state index in [0.717, 1.165) is 29.7 Å². The van der Waals surface area contributed by atoms with Crippen molar-refractivity contribution in [1.82, 2.24) is 4.90 Å². The molecule has 0 amide bonds. The van der Waals surface area contributed by atoms with Crippen molar-refractivity contribution >= 4 is 0 Å². The van der Waals surface area contributed by atoms with Crippen LogP contribution in [0.25, 0.3) is 0 Å². The van der Waals surface area contributed by atoms with Crippen LogP contribution < -0.4 is 0 Å². The second-order valence-corrected chi connectivity index (χ2v) is 5.38. The largest absolute Gasteiger partial charge is 0.303 e. The summed E-state index contributed by atoms with van der Waals surface area (Å²) >= 11 is 0. The topological polar surface area (TPSA) is 3.24 Å². The number of hydrogen-bond donors (Lipinski definition) is 0. The minimum atomic E-state index is 0.962. The van der Waals surface area contributed by atoms with Gasteiger partial charge in [-0.1, -0.05) is 6.92 Å². The van der Waals surface area contributed by atoms with Crippen molar-refractivity contribution in [3.8, 4) is 0 Å². The predicted molar refractivity (Wildman–Crippen MR) is 49.9 cm³/mol. The molecule has 1 saturated heterocycles. The maximum Gasteiger partial charge on any atom is 0.0126 e. The summed E-state index contributed by atoms with van der Waals surface area (Å²) in [6, 6.07) is 0.962. The summed E-state index contributed by atoms with van der Waals surface area (Å²) in [4.78, 5) is 2.63. The number of rotatable bonds is 0. The van der Waals surface area contributed by atoms with Gasteiger partial charge in [0.1, 0.15) is 0 Å². The van der Waals surface area contributed by atoms with Crippen LogP contribution >= 0.6 is 0 Å². The maximum absolute atomic E-state index is 2.63. The van der Waals surface area contributed by atoms with E-state index in [1.165, 1.54) is 13.0 Å². The highest BCUT2D eigenvalue weighted by molar-refractivity contribution is 5.02. The Morgan fingerprint density at radius 2 is 1.92 bits per heavy atom. The van der Waals surface area contributed by atoms with Crippen LogP contribution in [-0.2, 0) is 0 Å². The van der Waals surface area contributed by atoms with E-state index in [9.17, 15) is 0 Å². The minimum absolute atomic E-state index is 0.962. The molecule has 4 bridgehead atoms. The molecule has 1 nitrogen and oxygen atoms in total. The van der Waals surface area contributed by atoms with Crippen LogP contribution in [0.2, 0.25) is 0 Å². The summed E-state index contributed by atoms with van der Waals surface area (Å²) in [6.07, 6.45) is 4.62. The molecule has 3 rings (SSSR count). The Morgan fingerprint density at radius 1 is 1.08 bits per heavy atom. The Bertz CT molecular complexity index is 179. The van der Waals surface area contributed by atoms with E-state index >= 15 is 0 Å². The Labute approximate surface area is 75.1 Å². The van der Waals surface area contributed by atoms with Crippen LogP contribution in [0.15, 0.2) is 0 Å². The summed E-state index contributed by atoms with van der Waals surface area (Å²) in [6.45, 7) is 3.87. The van der Waals surface area contributed by atoms with Gasteiger partial charge in [-0.2, -0.15) is 0 Å². The first-order chi connectivity index (χ1) is 5.75. The third-order valence-electron chi connectivity index (χ3n) is 4.77. The second-order valence-electron chi connectivity index (χ2n) is 5.38. The van der Waals surface area contributed by atoms with Crippen LogP contribution in [0.5, 0.6) is 0 Å². The lowest BCUT2D eigenvalue weighted by Crippen LogP contribution is -2.33.